The molecule has 0 fully saturated rings. The fourth-order valence-electron chi connectivity index (χ4n) is 1.72. The van der Waals surface area contributed by atoms with Crippen LogP contribution in [0.15, 0.2) is 12.2 Å². The van der Waals surface area contributed by atoms with Gasteiger partial charge in [-0.1, -0.05) is 25.5 Å². The largest absolute Gasteiger partial charge is 0.481 e. The molecule has 0 aliphatic carbocycles. The van der Waals surface area contributed by atoms with E-state index in [9.17, 15) is 9.90 Å². The van der Waals surface area contributed by atoms with Crippen LogP contribution in [0.3, 0.4) is 0 Å². The molecule has 0 aromatic carbocycles. The molecular weight excluding hydrogens is 216 g/mol. The average molecular weight is 242 g/mol. The van der Waals surface area contributed by atoms with Gasteiger partial charge < -0.3 is 10.2 Å². The number of unbranched alkanes of at least 4 members (excludes halogenated alkanes) is 3. The zero-order chi connectivity index (χ0) is 12.9. The first-order chi connectivity index (χ1) is 8.16. The van der Waals surface area contributed by atoms with Crippen molar-refractivity contribution in [3.8, 4) is 0 Å². The molecule has 0 aliphatic rings. The van der Waals surface area contributed by atoms with E-state index in [2.05, 4.69) is 19.1 Å². The summed E-state index contributed by atoms with van der Waals surface area (Å²) in [5.41, 5.74) is 0. The standard InChI is InChI=1S/C14H26O3/c1-2-10-13(15)11-8-6-4-3-5-7-9-12-14(16)17/h3-4,13,15H,2,5-12H2,1H3,(H,16,17). The predicted octanol–water partition coefficient (Wildman–Crippen LogP) is 3.52. The molecule has 0 amide bonds. The number of aliphatic hydroxyl groups is 1. The van der Waals surface area contributed by atoms with Gasteiger partial charge in [0, 0.05) is 6.42 Å². The third-order valence-electron chi connectivity index (χ3n) is 2.71. The Kier molecular flexibility index (Phi) is 11.1. The lowest BCUT2D eigenvalue weighted by molar-refractivity contribution is -0.137. The van der Waals surface area contributed by atoms with E-state index in [1.165, 1.54) is 0 Å². The lowest BCUT2D eigenvalue weighted by Crippen LogP contribution is -2.04. The summed E-state index contributed by atoms with van der Waals surface area (Å²) < 4.78 is 0. The molecule has 0 rings (SSSR count). The lowest BCUT2D eigenvalue weighted by atomic mass is 10.1. The quantitative estimate of drug-likeness (QED) is 0.430. The first-order valence-electron chi connectivity index (χ1n) is 6.71. The second kappa shape index (κ2) is 11.6. The summed E-state index contributed by atoms with van der Waals surface area (Å²) in [5, 5.41) is 17.9. The van der Waals surface area contributed by atoms with Gasteiger partial charge in [-0.25, -0.2) is 0 Å². The van der Waals surface area contributed by atoms with Crippen LogP contribution in [0.4, 0.5) is 0 Å². The molecule has 0 saturated heterocycles. The van der Waals surface area contributed by atoms with Gasteiger partial charge in [0.1, 0.15) is 0 Å². The number of carbonyl (C=O) groups is 1. The van der Waals surface area contributed by atoms with Crippen molar-refractivity contribution in [3.63, 3.8) is 0 Å². The van der Waals surface area contributed by atoms with E-state index in [0.29, 0.717) is 0 Å². The molecule has 0 heterocycles. The van der Waals surface area contributed by atoms with Crippen LogP contribution in [0.25, 0.3) is 0 Å². The molecule has 2 N–H and O–H groups in total. The average Bonchev–Trinajstić information content (AvgIpc) is 2.27. The fourth-order valence-corrected chi connectivity index (χ4v) is 1.72. The van der Waals surface area contributed by atoms with Crippen LogP contribution in [0.1, 0.15) is 64.7 Å². The highest BCUT2D eigenvalue weighted by molar-refractivity contribution is 5.66. The molecule has 17 heavy (non-hydrogen) atoms. The van der Waals surface area contributed by atoms with Gasteiger partial charge in [0.2, 0.25) is 0 Å². The van der Waals surface area contributed by atoms with E-state index in [-0.39, 0.29) is 12.5 Å². The third kappa shape index (κ3) is 13.1. The van der Waals surface area contributed by atoms with Crippen LogP contribution in [0, 0.1) is 0 Å². The molecule has 3 nitrogen and oxygen atoms in total. The molecular formula is C14H26O3. The minimum absolute atomic E-state index is 0.135. The van der Waals surface area contributed by atoms with Crippen molar-refractivity contribution in [1.29, 1.82) is 0 Å². The monoisotopic (exact) mass is 242 g/mol. The molecule has 0 spiro atoms. The van der Waals surface area contributed by atoms with E-state index in [1.807, 2.05) is 0 Å². The Morgan fingerprint density at radius 1 is 1.12 bits per heavy atom. The third-order valence-corrected chi connectivity index (χ3v) is 2.71. The number of allylic oxidation sites excluding steroid dienone is 2. The summed E-state index contributed by atoms with van der Waals surface area (Å²) >= 11 is 0. The second-order valence-corrected chi connectivity index (χ2v) is 4.48. The van der Waals surface area contributed by atoms with Gasteiger partial charge in [-0.05, 0) is 44.9 Å². The van der Waals surface area contributed by atoms with Crippen LogP contribution >= 0.6 is 0 Å². The Morgan fingerprint density at radius 2 is 1.76 bits per heavy atom. The molecule has 0 saturated carbocycles. The van der Waals surface area contributed by atoms with Crippen LogP contribution in [0.2, 0.25) is 0 Å². The number of hydrogen-bond donors (Lipinski definition) is 2. The minimum Gasteiger partial charge on any atom is -0.481 e. The molecule has 0 radical (unpaired) electrons. The maximum Gasteiger partial charge on any atom is 0.303 e. The van der Waals surface area contributed by atoms with Gasteiger partial charge in [-0.15, -0.1) is 0 Å². The maximum atomic E-state index is 10.2. The summed E-state index contributed by atoms with van der Waals surface area (Å²) in [6.45, 7) is 2.08. The summed E-state index contributed by atoms with van der Waals surface area (Å²) in [6.07, 6.45) is 11.9. The van der Waals surface area contributed by atoms with Crippen molar-refractivity contribution in [1.82, 2.24) is 0 Å². The van der Waals surface area contributed by atoms with E-state index >= 15 is 0 Å². The van der Waals surface area contributed by atoms with E-state index in [1.54, 1.807) is 0 Å². The predicted molar refractivity (Wildman–Crippen MR) is 70.0 cm³/mol. The fraction of sp³-hybridized carbons (Fsp3) is 0.786. The molecule has 1 unspecified atom stereocenters. The highest BCUT2D eigenvalue weighted by atomic mass is 16.4. The molecule has 0 bridgehead atoms. The van der Waals surface area contributed by atoms with Crippen molar-refractivity contribution in [2.75, 3.05) is 0 Å². The molecule has 0 aromatic rings. The van der Waals surface area contributed by atoms with Crippen LogP contribution in [-0.2, 0) is 4.79 Å². The van der Waals surface area contributed by atoms with Gasteiger partial charge in [0.05, 0.1) is 6.10 Å². The van der Waals surface area contributed by atoms with E-state index < -0.39 is 5.97 Å². The first-order valence-corrected chi connectivity index (χ1v) is 6.71. The highest BCUT2D eigenvalue weighted by Gasteiger charge is 2.00. The topological polar surface area (TPSA) is 57.5 Å². The zero-order valence-electron chi connectivity index (χ0n) is 10.9. The number of aliphatic hydroxyl groups excluding tert-OH is 1. The summed E-state index contributed by atoms with van der Waals surface area (Å²) in [4.78, 5) is 10.2. The van der Waals surface area contributed by atoms with Gasteiger partial charge in [-0.2, -0.15) is 0 Å². The Morgan fingerprint density at radius 3 is 2.35 bits per heavy atom. The minimum atomic E-state index is -0.709. The van der Waals surface area contributed by atoms with Crippen molar-refractivity contribution < 1.29 is 15.0 Å². The smallest absolute Gasteiger partial charge is 0.303 e. The number of aliphatic carboxylic acids is 1. The van der Waals surface area contributed by atoms with Crippen LogP contribution in [0.5, 0.6) is 0 Å². The molecule has 0 aromatic heterocycles. The Labute approximate surface area is 105 Å². The van der Waals surface area contributed by atoms with Crippen molar-refractivity contribution in [3.05, 3.63) is 12.2 Å². The Hall–Kier alpha value is -0.830. The lowest BCUT2D eigenvalue weighted by Gasteiger charge is -2.06. The molecule has 3 heteroatoms. The van der Waals surface area contributed by atoms with Gasteiger partial charge in [0.15, 0.2) is 0 Å². The zero-order valence-corrected chi connectivity index (χ0v) is 10.9. The number of carboxylic acids is 1. The van der Waals surface area contributed by atoms with E-state index in [0.717, 1.165) is 51.4 Å². The van der Waals surface area contributed by atoms with Crippen molar-refractivity contribution in [2.45, 2.75) is 70.8 Å². The first kappa shape index (κ1) is 16.2. The number of hydrogen-bond acceptors (Lipinski definition) is 2. The summed E-state index contributed by atoms with van der Waals surface area (Å²) in [7, 11) is 0. The van der Waals surface area contributed by atoms with Crippen molar-refractivity contribution >= 4 is 5.97 Å². The van der Waals surface area contributed by atoms with Gasteiger partial charge >= 0.3 is 5.97 Å². The summed E-state index contributed by atoms with van der Waals surface area (Å²) in [6, 6.07) is 0. The number of carboxylic acid groups (broad SMARTS) is 1. The normalized spacial score (nSPS) is 13.1. The summed E-state index contributed by atoms with van der Waals surface area (Å²) in [5.74, 6) is -0.709. The van der Waals surface area contributed by atoms with Crippen LogP contribution < -0.4 is 0 Å². The van der Waals surface area contributed by atoms with Crippen molar-refractivity contribution in [2.24, 2.45) is 0 Å². The van der Waals surface area contributed by atoms with Crippen LogP contribution in [-0.4, -0.2) is 22.3 Å². The van der Waals surface area contributed by atoms with E-state index in [4.69, 9.17) is 5.11 Å². The van der Waals surface area contributed by atoms with Gasteiger partial charge in [-0.3, -0.25) is 4.79 Å². The van der Waals surface area contributed by atoms with Gasteiger partial charge in [0.25, 0.3) is 0 Å². The molecule has 100 valence electrons. The highest BCUT2D eigenvalue weighted by Crippen LogP contribution is 2.07. The molecule has 0 aliphatic heterocycles. The number of rotatable bonds is 11. The SMILES string of the molecule is CCCC(O)CCCC=CCCCCC(=O)O. The molecule has 1 atom stereocenters. The Balaban J connectivity index is 3.22. The maximum absolute atomic E-state index is 10.2. The Bertz CT molecular complexity index is 212. The second-order valence-electron chi connectivity index (χ2n) is 4.48.